The van der Waals surface area contributed by atoms with Gasteiger partial charge in [0.1, 0.15) is 0 Å². The Kier molecular flexibility index (Phi) is 2.57. The van der Waals surface area contributed by atoms with Crippen LogP contribution in [0.15, 0.2) is 18.5 Å². The average molecular weight is 163 g/mol. The second-order valence-corrected chi connectivity index (χ2v) is 1.82. The molecule has 0 atom stereocenters. The maximum absolute atomic E-state index is 10.7. The van der Waals surface area contributed by atoms with Gasteiger partial charge in [0.05, 0.1) is 18.1 Å². The summed E-state index contributed by atoms with van der Waals surface area (Å²) in [6.45, 7) is 0. The standard InChI is InChI=1S/C6H5N5O/c7-4-8-6(12)11-5-1-2-9-10-3-5/h1-3H,(H2,8,9,11,12). The number of carbonyl (C=O) groups is 1. The van der Waals surface area contributed by atoms with Gasteiger partial charge in [-0.05, 0) is 6.07 Å². The Balaban J connectivity index is 2.54. The van der Waals surface area contributed by atoms with Gasteiger partial charge < -0.3 is 5.32 Å². The minimum Gasteiger partial charge on any atom is -0.306 e. The fourth-order valence-corrected chi connectivity index (χ4v) is 0.578. The molecule has 1 heterocycles. The van der Waals surface area contributed by atoms with Crippen molar-refractivity contribution in [3.63, 3.8) is 0 Å². The number of carbonyl (C=O) groups excluding carboxylic acids is 1. The highest BCUT2D eigenvalue weighted by molar-refractivity contribution is 5.89. The summed E-state index contributed by atoms with van der Waals surface area (Å²) in [6.07, 6.45) is 4.29. The van der Waals surface area contributed by atoms with Crippen molar-refractivity contribution < 1.29 is 4.79 Å². The van der Waals surface area contributed by atoms with E-state index in [0.717, 1.165) is 0 Å². The van der Waals surface area contributed by atoms with E-state index in [1.165, 1.54) is 18.6 Å². The van der Waals surface area contributed by atoms with Crippen molar-refractivity contribution in [2.75, 3.05) is 5.32 Å². The minimum atomic E-state index is -0.592. The van der Waals surface area contributed by atoms with Gasteiger partial charge in [-0.2, -0.15) is 15.5 Å². The number of nitrogens with one attached hydrogen (secondary N) is 2. The van der Waals surface area contributed by atoms with E-state index in [2.05, 4.69) is 15.5 Å². The molecule has 0 fully saturated rings. The van der Waals surface area contributed by atoms with Crippen LogP contribution in [0.2, 0.25) is 0 Å². The van der Waals surface area contributed by atoms with Crippen LogP contribution in [0.5, 0.6) is 0 Å². The van der Waals surface area contributed by atoms with Gasteiger partial charge in [0, 0.05) is 0 Å². The second kappa shape index (κ2) is 3.88. The van der Waals surface area contributed by atoms with Crippen LogP contribution >= 0.6 is 0 Å². The number of nitriles is 1. The van der Waals surface area contributed by atoms with Gasteiger partial charge in [-0.25, -0.2) is 10.1 Å². The van der Waals surface area contributed by atoms with Gasteiger partial charge in [0.2, 0.25) is 0 Å². The molecule has 0 radical (unpaired) electrons. The molecule has 0 saturated carbocycles. The van der Waals surface area contributed by atoms with Crippen LogP contribution in [0, 0.1) is 11.5 Å². The zero-order valence-corrected chi connectivity index (χ0v) is 5.98. The summed E-state index contributed by atoms with van der Waals surface area (Å²) in [6, 6.07) is 0.967. The number of rotatable bonds is 1. The Morgan fingerprint density at radius 3 is 3.00 bits per heavy atom. The van der Waals surface area contributed by atoms with Gasteiger partial charge >= 0.3 is 6.03 Å². The van der Waals surface area contributed by atoms with Gasteiger partial charge in [-0.3, -0.25) is 0 Å². The fourth-order valence-electron chi connectivity index (χ4n) is 0.578. The van der Waals surface area contributed by atoms with Gasteiger partial charge in [-0.15, -0.1) is 0 Å². The average Bonchev–Trinajstić information content (AvgIpc) is 2.06. The molecule has 60 valence electrons. The van der Waals surface area contributed by atoms with Crippen LogP contribution in [-0.4, -0.2) is 16.2 Å². The zero-order chi connectivity index (χ0) is 8.81. The lowest BCUT2D eigenvalue weighted by atomic mass is 10.5. The summed E-state index contributed by atoms with van der Waals surface area (Å²) in [5.41, 5.74) is 0.484. The summed E-state index contributed by atoms with van der Waals surface area (Å²) in [5.74, 6) is 0. The van der Waals surface area contributed by atoms with Crippen molar-refractivity contribution in [2.45, 2.75) is 0 Å². The van der Waals surface area contributed by atoms with Crippen molar-refractivity contribution in [1.29, 1.82) is 5.26 Å². The molecule has 0 saturated heterocycles. The third kappa shape index (κ3) is 2.22. The first-order valence-corrected chi connectivity index (χ1v) is 3.05. The van der Waals surface area contributed by atoms with E-state index < -0.39 is 6.03 Å². The Hall–Kier alpha value is -2.16. The summed E-state index contributed by atoms with van der Waals surface area (Å²) in [5, 5.41) is 19.4. The Labute approximate surface area is 68.2 Å². The van der Waals surface area contributed by atoms with E-state index >= 15 is 0 Å². The smallest absolute Gasteiger partial charge is 0.306 e. The first-order chi connectivity index (χ1) is 5.83. The van der Waals surface area contributed by atoms with Gasteiger partial charge in [0.25, 0.3) is 0 Å². The van der Waals surface area contributed by atoms with Gasteiger partial charge in [0.15, 0.2) is 6.19 Å². The van der Waals surface area contributed by atoms with Crippen LogP contribution < -0.4 is 10.6 Å². The summed E-state index contributed by atoms with van der Waals surface area (Å²) in [4.78, 5) is 10.7. The number of aromatic nitrogens is 2. The first kappa shape index (κ1) is 7.94. The third-order valence-electron chi connectivity index (χ3n) is 1.01. The highest BCUT2D eigenvalue weighted by Crippen LogP contribution is 1.99. The second-order valence-electron chi connectivity index (χ2n) is 1.82. The van der Waals surface area contributed by atoms with E-state index in [-0.39, 0.29) is 0 Å². The molecule has 0 aliphatic heterocycles. The number of amides is 2. The molecule has 6 heteroatoms. The zero-order valence-electron chi connectivity index (χ0n) is 5.98. The van der Waals surface area contributed by atoms with Crippen LogP contribution in [0.1, 0.15) is 0 Å². The van der Waals surface area contributed by atoms with E-state index in [1.807, 2.05) is 5.32 Å². The first-order valence-electron chi connectivity index (χ1n) is 3.05. The van der Waals surface area contributed by atoms with Crippen molar-refractivity contribution >= 4 is 11.7 Å². The molecule has 1 aromatic rings. The molecule has 0 aromatic carbocycles. The summed E-state index contributed by atoms with van der Waals surface area (Å²) in [7, 11) is 0. The van der Waals surface area contributed by atoms with Crippen LogP contribution in [-0.2, 0) is 0 Å². The molecule has 1 aromatic heterocycles. The Morgan fingerprint density at radius 2 is 2.42 bits per heavy atom. The SMILES string of the molecule is N#CNC(=O)Nc1ccnnc1. The quantitative estimate of drug-likeness (QED) is 0.453. The number of hydrogen-bond acceptors (Lipinski definition) is 4. The van der Waals surface area contributed by atoms with E-state index in [9.17, 15) is 4.79 Å². The number of hydrogen-bond donors (Lipinski definition) is 2. The van der Waals surface area contributed by atoms with Crippen molar-refractivity contribution in [3.05, 3.63) is 18.5 Å². The van der Waals surface area contributed by atoms with Crippen LogP contribution in [0.25, 0.3) is 0 Å². The highest BCUT2D eigenvalue weighted by Gasteiger charge is 1.98. The van der Waals surface area contributed by atoms with E-state index in [0.29, 0.717) is 5.69 Å². The lowest BCUT2D eigenvalue weighted by Gasteiger charge is -1.99. The van der Waals surface area contributed by atoms with E-state index in [4.69, 9.17) is 5.26 Å². The van der Waals surface area contributed by atoms with Crippen molar-refractivity contribution in [1.82, 2.24) is 15.5 Å². The maximum Gasteiger partial charge on any atom is 0.332 e. The van der Waals surface area contributed by atoms with Crippen LogP contribution in [0.3, 0.4) is 0 Å². The van der Waals surface area contributed by atoms with Gasteiger partial charge in [-0.1, -0.05) is 0 Å². The maximum atomic E-state index is 10.7. The normalized spacial score (nSPS) is 8.25. The predicted molar refractivity (Wildman–Crippen MR) is 39.8 cm³/mol. The largest absolute Gasteiger partial charge is 0.332 e. The Morgan fingerprint density at radius 1 is 1.58 bits per heavy atom. The molecule has 0 aliphatic rings. The van der Waals surface area contributed by atoms with E-state index in [1.54, 1.807) is 6.07 Å². The number of urea groups is 1. The molecule has 6 nitrogen and oxygen atoms in total. The molecule has 1 rings (SSSR count). The molecular weight excluding hydrogens is 158 g/mol. The van der Waals surface area contributed by atoms with Crippen molar-refractivity contribution in [2.24, 2.45) is 0 Å². The molecule has 0 bridgehead atoms. The monoisotopic (exact) mass is 163 g/mol. The molecule has 0 aliphatic carbocycles. The Bertz CT molecular complexity index is 303. The van der Waals surface area contributed by atoms with Crippen molar-refractivity contribution in [3.8, 4) is 6.19 Å². The molecular formula is C6H5N5O. The summed E-state index contributed by atoms with van der Waals surface area (Å²) >= 11 is 0. The number of anilines is 1. The minimum absolute atomic E-state index is 0.484. The molecule has 0 spiro atoms. The highest BCUT2D eigenvalue weighted by atomic mass is 16.2. The molecule has 2 N–H and O–H groups in total. The fraction of sp³-hybridized carbons (Fsp3) is 0. The lowest BCUT2D eigenvalue weighted by Crippen LogP contribution is -2.24. The predicted octanol–water partition coefficient (Wildman–Crippen LogP) is 0.0792. The van der Waals surface area contributed by atoms with Crippen LogP contribution in [0.4, 0.5) is 10.5 Å². The topological polar surface area (TPSA) is 90.7 Å². The molecule has 12 heavy (non-hydrogen) atoms. The molecule has 2 amide bonds. The third-order valence-corrected chi connectivity index (χ3v) is 1.01. The molecule has 0 unspecified atom stereocenters. The number of nitrogens with zero attached hydrogens (tertiary/aromatic N) is 3. The lowest BCUT2D eigenvalue weighted by molar-refractivity contribution is 0.255. The summed E-state index contributed by atoms with van der Waals surface area (Å²) < 4.78 is 0.